The highest BCUT2D eigenvalue weighted by atomic mass is 19.1. The number of aromatic nitrogens is 1. The summed E-state index contributed by atoms with van der Waals surface area (Å²) in [6.07, 6.45) is 0. The smallest absolute Gasteiger partial charge is 0.374 e. The van der Waals surface area contributed by atoms with Gasteiger partial charge in [-0.3, -0.25) is 4.79 Å². The number of halogens is 1. The van der Waals surface area contributed by atoms with E-state index in [9.17, 15) is 14.0 Å². The molecule has 1 aromatic carbocycles. The fourth-order valence-corrected chi connectivity index (χ4v) is 1.59. The van der Waals surface area contributed by atoms with Crippen LogP contribution in [0.4, 0.5) is 4.39 Å². The van der Waals surface area contributed by atoms with E-state index in [2.05, 4.69) is 15.0 Å². The van der Waals surface area contributed by atoms with E-state index in [0.717, 1.165) is 6.07 Å². The molecule has 0 aliphatic rings. The van der Waals surface area contributed by atoms with Crippen molar-refractivity contribution in [1.82, 2.24) is 10.5 Å². The number of rotatable bonds is 4. The van der Waals surface area contributed by atoms with Crippen LogP contribution in [-0.4, -0.2) is 22.1 Å². The molecule has 2 aromatic rings. The molecule has 20 heavy (non-hydrogen) atoms. The number of hydrogen-bond donors (Lipinski definition) is 2. The number of nitrogens with one attached hydrogen (secondary N) is 1. The van der Waals surface area contributed by atoms with Gasteiger partial charge in [0.05, 0.1) is 6.04 Å². The van der Waals surface area contributed by atoms with Gasteiger partial charge in [0.1, 0.15) is 5.82 Å². The number of carboxylic acids is 1. The van der Waals surface area contributed by atoms with Crippen LogP contribution in [0.25, 0.3) is 0 Å². The zero-order valence-electron chi connectivity index (χ0n) is 10.5. The summed E-state index contributed by atoms with van der Waals surface area (Å²) in [5, 5.41) is 14.6. The van der Waals surface area contributed by atoms with Gasteiger partial charge in [-0.25, -0.2) is 9.18 Å². The van der Waals surface area contributed by atoms with Crippen molar-refractivity contribution in [2.24, 2.45) is 0 Å². The molecule has 7 heteroatoms. The van der Waals surface area contributed by atoms with Crippen molar-refractivity contribution in [1.29, 1.82) is 0 Å². The molecule has 0 saturated carbocycles. The molecule has 2 N–H and O–H groups in total. The standard InChI is InChI=1S/C13H11FN2O4/c1-7(8-2-4-9(14)5-3-8)15-12(17)10-6-11(13(18)19)20-16-10/h2-7H,1H3,(H,15,17)(H,18,19). The van der Waals surface area contributed by atoms with E-state index in [4.69, 9.17) is 5.11 Å². The minimum Gasteiger partial charge on any atom is -0.475 e. The van der Waals surface area contributed by atoms with E-state index in [1.165, 1.54) is 12.1 Å². The molecule has 104 valence electrons. The molecule has 2 rings (SSSR count). The molecule has 1 amide bonds. The first kappa shape index (κ1) is 13.7. The van der Waals surface area contributed by atoms with Gasteiger partial charge in [0.25, 0.3) is 5.91 Å². The highest BCUT2D eigenvalue weighted by Crippen LogP contribution is 2.14. The molecule has 0 saturated heterocycles. The molecule has 1 heterocycles. The van der Waals surface area contributed by atoms with Crippen LogP contribution >= 0.6 is 0 Å². The Balaban J connectivity index is 2.06. The van der Waals surface area contributed by atoms with Crippen LogP contribution in [-0.2, 0) is 0 Å². The van der Waals surface area contributed by atoms with Crippen molar-refractivity contribution in [2.75, 3.05) is 0 Å². The Morgan fingerprint density at radius 3 is 2.55 bits per heavy atom. The first-order chi connectivity index (χ1) is 9.47. The summed E-state index contributed by atoms with van der Waals surface area (Å²) in [6.45, 7) is 1.71. The van der Waals surface area contributed by atoms with Crippen LogP contribution < -0.4 is 5.32 Å². The summed E-state index contributed by atoms with van der Waals surface area (Å²) in [5.74, 6) is -2.65. The van der Waals surface area contributed by atoms with Crippen molar-refractivity contribution in [3.05, 3.63) is 53.2 Å². The Hall–Kier alpha value is -2.70. The first-order valence-corrected chi connectivity index (χ1v) is 5.73. The van der Waals surface area contributed by atoms with Crippen molar-refractivity contribution >= 4 is 11.9 Å². The van der Waals surface area contributed by atoms with Gasteiger partial charge in [0.2, 0.25) is 5.76 Å². The Kier molecular flexibility index (Phi) is 3.79. The van der Waals surface area contributed by atoms with Gasteiger partial charge in [-0.15, -0.1) is 0 Å². The normalized spacial score (nSPS) is 11.9. The monoisotopic (exact) mass is 278 g/mol. The molecule has 1 unspecified atom stereocenters. The van der Waals surface area contributed by atoms with Gasteiger partial charge < -0.3 is 14.9 Å². The number of hydrogen-bond acceptors (Lipinski definition) is 4. The quantitative estimate of drug-likeness (QED) is 0.892. The van der Waals surface area contributed by atoms with Crippen molar-refractivity contribution in [3.63, 3.8) is 0 Å². The summed E-state index contributed by atoms with van der Waals surface area (Å²) < 4.78 is 17.3. The van der Waals surface area contributed by atoms with Gasteiger partial charge in [0, 0.05) is 6.07 Å². The average Bonchev–Trinajstić information content (AvgIpc) is 2.89. The van der Waals surface area contributed by atoms with Crippen molar-refractivity contribution in [2.45, 2.75) is 13.0 Å². The van der Waals surface area contributed by atoms with E-state index < -0.39 is 17.6 Å². The van der Waals surface area contributed by atoms with Gasteiger partial charge in [-0.05, 0) is 24.6 Å². The number of carboxylic acid groups (broad SMARTS) is 1. The second kappa shape index (κ2) is 5.52. The third-order valence-corrected chi connectivity index (χ3v) is 2.67. The second-order valence-electron chi connectivity index (χ2n) is 4.13. The fraction of sp³-hybridized carbons (Fsp3) is 0.154. The second-order valence-corrected chi connectivity index (χ2v) is 4.13. The number of amides is 1. The third-order valence-electron chi connectivity index (χ3n) is 2.67. The third kappa shape index (κ3) is 3.00. The number of aromatic carboxylic acids is 1. The van der Waals surface area contributed by atoms with Gasteiger partial charge in [-0.1, -0.05) is 17.3 Å². The SMILES string of the molecule is CC(NC(=O)c1cc(C(=O)O)on1)c1ccc(F)cc1. The lowest BCUT2D eigenvalue weighted by atomic mass is 10.1. The topological polar surface area (TPSA) is 92.4 Å². The molecule has 1 aromatic heterocycles. The molecule has 0 fully saturated rings. The molecule has 0 bridgehead atoms. The highest BCUT2D eigenvalue weighted by molar-refractivity contribution is 5.95. The largest absolute Gasteiger partial charge is 0.475 e. The van der Waals surface area contributed by atoms with Crippen molar-refractivity contribution < 1.29 is 23.6 Å². The maximum atomic E-state index is 12.8. The molecule has 6 nitrogen and oxygen atoms in total. The number of carbonyl (C=O) groups excluding carboxylic acids is 1. The van der Waals surface area contributed by atoms with Crippen LogP contribution in [0.1, 0.15) is 39.6 Å². The Labute approximate surface area is 113 Å². The summed E-state index contributed by atoms with van der Waals surface area (Å²) in [5.41, 5.74) is 0.582. The fourth-order valence-electron chi connectivity index (χ4n) is 1.59. The minimum absolute atomic E-state index is 0.128. The van der Waals surface area contributed by atoms with E-state index in [1.54, 1.807) is 19.1 Å². The lowest BCUT2D eigenvalue weighted by Gasteiger charge is -2.12. The Bertz CT molecular complexity index is 636. The Morgan fingerprint density at radius 2 is 2.00 bits per heavy atom. The Morgan fingerprint density at radius 1 is 1.35 bits per heavy atom. The van der Waals surface area contributed by atoms with E-state index in [-0.39, 0.29) is 17.6 Å². The van der Waals surface area contributed by atoms with Crippen LogP contribution in [0, 0.1) is 5.82 Å². The summed E-state index contributed by atoms with van der Waals surface area (Å²) >= 11 is 0. The number of nitrogens with zero attached hydrogens (tertiary/aromatic N) is 1. The van der Waals surface area contributed by atoms with Gasteiger partial charge >= 0.3 is 5.97 Å². The van der Waals surface area contributed by atoms with Crippen LogP contribution in [0.2, 0.25) is 0 Å². The number of benzene rings is 1. The summed E-state index contributed by atoms with van der Waals surface area (Å²) in [4.78, 5) is 22.4. The molecule has 0 aliphatic carbocycles. The predicted octanol–water partition coefficient (Wildman–Crippen LogP) is 2.00. The van der Waals surface area contributed by atoms with E-state index in [0.29, 0.717) is 5.56 Å². The maximum absolute atomic E-state index is 12.8. The van der Waals surface area contributed by atoms with Crippen LogP contribution in [0.15, 0.2) is 34.9 Å². The van der Waals surface area contributed by atoms with Crippen LogP contribution in [0.3, 0.4) is 0 Å². The molecule has 1 atom stereocenters. The zero-order valence-corrected chi connectivity index (χ0v) is 10.5. The van der Waals surface area contributed by atoms with E-state index in [1.807, 2.05) is 0 Å². The average molecular weight is 278 g/mol. The van der Waals surface area contributed by atoms with Crippen molar-refractivity contribution in [3.8, 4) is 0 Å². The van der Waals surface area contributed by atoms with Gasteiger partial charge in [0.15, 0.2) is 5.69 Å². The minimum atomic E-state index is -1.30. The summed E-state index contributed by atoms with van der Waals surface area (Å²) in [6, 6.07) is 6.33. The predicted molar refractivity (Wildman–Crippen MR) is 65.7 cm³/mol. The summed E-state index contributed by atoms with van der Waals surface area (Å²) in [7, 11) is 0. The van der Waals surface area contributed by atoms with Gasteiger partial charge in [-0.2, -0.15) is 0 Å². The molecule has 0 spiro atoms. The lowest BCUT2D eigenvalue weighted by molar-refractivity contribution is 0.0651. The number of carbonyl (C=O) groups is 2. The lowest BCUT2D eigenvalue weighted by Crippen LogP contribution is -2.26. The zero-order chi connectivity index (χ0) is 14.7. The molecular formula is C13H11FN2O4. The first-order valence-electron chi connectivity index (χ1n) is 5.73. The highest BCUT2D eigenvalue weighted by Gasteiger charge is 2.18. The molecule has 0 aliphatic heterocycles. The molecule has 0 radical (unpaired) electrons. The van der Waals surface area contributed by atoms with E-state index >= 15 is 0 Å². The molecular weight excluding hydrogens is 267 g/mol. The maximum Gasteiger partial charge on any atom is 0.374 e. The van der Waals surface area contributed by atoms with Crippen LogP contribution in [0.5, 0.6) is 0 Å².